The summed E-state index contributed by atoms with van der Waals surface area (Å²) < 4.78 is 6.17. The van der Waals surface area contributed by atoms with Crippen LogP contribution in [0, 0.1) is 0 Å². The number of ether oxygens (including phenoxy) is 1. The zero-order chi connectivity index (χ0) is 12.0. The van der Waals surface area contributed by atoms with Crippen molar-refractivity contribution >= 4 is 0 Å². The molecule has 2 rings (SSSR count). The van der Waals surface area contributed by atoms with E-state index in [1.807, 2.05) is 0 Å². The molecular weight excluding hydrogens is 200 g/mol. The molecule has 0 aromatic heterocycles. The highest BCUT2D eigenvalue weighted by Gasteiger charge is 2.50. The third kappa shape index (κ3) is 2.41. The first-order valence-corrected chi connectivity index (χ1v) is 6.52. The Labute approximate surface area is 99.3 Å². The molecule has 2 aliphatic rings. The van der Waals surface area contributed by atoms with Crippen LogP contribution in [0.5, 0.6) is 0 Å². The molecule has 0 spiro atoms. The van der Waals surface area contributed by atoms with Crippen LogP contribution < -0.4 is 5.73 Å². The van der Waals surface area contributed by atoms with E-state index in [1.54, 1.807) is 0 Å². The minimum atomic E-state index is -0.0404. The zero-order valence-electron chi connectivity index (χ0n) is 11.1. The van der Waals surface area contributed by atoms with Crippen LogP contribution in [0.4, 0.5) is 0 Å². The second-order valence-electron chi connectivity index (χ2n) is 6.44. The van der Waals surface area contributed by atoms with Gasteiger partial charge in [0.25, 0.3) is 0 Å². The molecule has 0 aromatic carbocycles. The Morgan fingerprint density at radius 3 is 2.25 bits per heavy atom. The van der Waals surface area contributed by atoms with Crippen LogP contribution in [0.25, 0.3) is 0 Å². The molecule has 1 saturated heterocycles. The van der Waals surface area contributed by atoms with E-state index < -0.39 is 0 Å². The number of nitrogens with two attached hydrogens (primary N) is 1. The van der Waals surface area contributed by atoms with E-state index in [-0.39, 0.29) is 11.2 Å². The number of nitrogens with zero attached hydrogens (tertiary/aromatic N) is 1. The van der Waals surface area contributed by atoms with Gasteiger partial charge in [0.2, 0.25) is 0 Å². The van der Waals surface area contributed by atoms with Crippen LogP contribution >= 0.6 is 0 Å². The van der Waals surface area contributed by atoms with Crippen LogP contribution in [0.1, 0.15) is 47.0 Å². The third-order valence-electron chi connectivity index (χ3n) is 3.83. The van der Waals surface area contributed by atoms with E-state index in [2.05, 4.69) is 32.6 Å². The summed E-state index contributed by atoms with van der Waals surface area (Å²) in [5.41, 5.74) is 5.71. The van der Waals surface area contributed by atoms with Gasteiger partial charge in [-0.05, 0) is 47.0 Å². The number of hydrogen-bond donors (Lipinski definition) is 1. The lowest BCUT2D eigenvalue weighted by atomic mass is 9.92. The van der Waals surface area contributed by atoms with E-state index in [1.165, 1.54) is 12.8 Å². The van der Waals surface area contributed by atoms with Crippen LogP contribution in [0.2, 0.25) is 0 Å². The lowest BCUT2D eigenvalue weighted by Gasteiger charge is -2.36. The average Bonchev–Trinajstić information content (AvgIpc) is 2.89. The van der Waals surface area contributed by atoms with Crippen molar-refractivity contribution in [1.29, 1.82) is 0 Å². The largest absolute Gasteiger partial charge is 0.368 e. The quantitative estimate of drug-likeness (QED) is 0.794. The molecule has 16 heavy (non-hydrogen) atoms. The molecule has 0 bridgehead atoms. The molecule has 1 aliphatic carbocycles. The van der Waals surface area contributed by atoms with Crippen molar-refractivity contribution in [2.24, 2.45) is 5.73 Å². The number of rotatable bonds is 4. The normalized spacial score (nSPS) is 32.2. The molecule has 0 aromatic rings. The fraction of sp³-hybridized carbons (Fsp3) is 1.00. The van der Waals surface area contributed by atoms with Crippen LogP contribution in [-0.2, 0) is 4.74 Å². The molecule has 1 unspecified atom stereocenters. The minimum Gasteiger partial charge on any atom is -0.368 e. The Hall–Kier alpha value is -0.120. The molecular formula is C13H26N2O. The first-order chi connectivity index (χ1) is 7.36. The van der Waals surface area contributed by atoms with Gasteiger partial charge < -0.3 is 10.5 Å². The molecule has 3 heteroatoms. The van der Waals surface area contributed by atoms with Gasteiger partial charge in [0.1, 0.15) is 0 Å². The fourth-order valence-corrected chi connectivity index (χ4v) is 3.20. The van der Waals surface area contributed by atoms with Crippen molar-refractivity contribution in [2.75, 3.05) is 13.1 Å². The summed E-state index contributed by atoms with van der Waals surface area (Å²) >= 11 is 0. The maximum absolute atomic E-state index is 6.17. The standard InChI is InChI=1S/C13H26N2O/c1-12(2)9-11(13(3,4)16-12)15(8-7-14)10-5-6-10/h10-11H,5-9,14H2,1-4H3. The molecule has 3 nitrogen and oxygen atoms in total. The lowest BCUT2D eigenvalue weighted by molar-refractivity contribution is -0.0811. The van der Waals surface area contributed by atoms with Gasteiger partial charge in [0.05, 0.1) is 11.2 Å². The molecule has 0 amide bonds. The first kappa shape index (κ1) is 12.3. The summed E-state index contributed by atoms with van der Waals surface area (Å²) in [5, 5.41) is 0. The SMILES string of the molecule is CC1(C)CC(N(CCN)C2CC2)C(C)(C)O1. The third-order valence-corrected chi connectivity index (χ3v) is 3.83. The molecule has 1 atom stereocenters. The van der Waals surface area contributed by atoms with Crippen molar-refractivity contribution in [1.82, 2.24) is 4.90 Å². The second-order valence-corrected chi connectivity index (χ2v) is 6.44. The fourth-order valence-electron chi connectivity index (χ4n) is 3.20. The van der Waals surface area contributed by atoms with Gasteiger partial charge in [0.15, 0.2) is 0 Å². The highest BCUT2D eigenvalue weighted by atomic mass is 16.5. The minimum absolute atomic E-state index is 0.00983. The Morgan fingerprint density at radius 2 is 1.88 bits per heavy atom. The van der Waals surface area contributed by atoms with Crippen molar-refractivity contribution in [2.45, 2.75) is 70.2 Å². The van der Waals surface area contributed by atoms with Gasteiger partial charge in [0, 0.05) is 25.2 Å². The van der Waals surface area contributed by atoms with Gasteiger partial charge in [-0.25, -0.2) is 0 Å². The summed E-state index contributed by atoms with van der Waals surface area (Å²) in [6.45, 7) is 10.6. The molecule has 2 N–H and O–H groups in total. The van der Waals surface area contributed by atoms with E-state index in [4.69, 9.17) is 10.5 Å². The number of hydrogen-bond acceptors (Lipinski definition) is 3. The summed E-state index contributed by atoms with van der Waals surface area (Å²) in [6, 6.07) is 1.30. The van der Waals surface area contributed by atoms with Gasteiger partial charge in [-0.15, -0.1) is 0 Å². The Morgan fingerprint density at radius 1 is 1.25 bits per heavy atom. The predicted molar refractivity (Wildman–Crippen MR) is 66.4 cm³/mol. The van der Waals surface area contributed by atoms with E-state index in [0.29, 0.717) is 6.04 Å². The first-order valence-electron chi connectivity index (χ1n) is 6.52. The molecule has 1 aliphatic heterocycles. The van der Waals surface area contributed by atoms with Crippen molar-refractivity contribution in [3.8, 4) is 0 Å². The van der Waals surface area contributed by atoms with Crippen molar-refractivity contribution in [3.63, 3.8) is 0 Å². The van der Waals surface area contributed by atoms with Crippen molar-refractivity contribution < 1.29 is 4.74 Å². The van der Waals surface area contributed by atoms with Crippen LogP contribution in [0.3, 0.4) is 0 Å². The van der Waals surface area contributed by atoms with E-state index in [0.717, 1.165) is 25.6 Å². The highest BCUT2D eigenvalue weighted by molar-refractivity contribution is 5.03. The van der Waals surface area contributed by atoms with Crippen LogP contribution in [0.15, 0.2) is 0 Å². The maximum atomic E-state index is 6.17. The lowest BCUT2D eigenvalue weighted by Crippen LogP contribution is -2.49. The monoisotopic (exact) mass is 226 g/mol. The van der Waals surface area contributed by atoms with E-state index in [9.17, 15) is 0 Å². The summed E-state index contributed by atoms with van der Waals surface area (Å²) in [6.07, 6.45) is 3.80. The van der Waals surface area contributed by atoms with Gasteiger partial charge in [-0.1, -0.05) is 0 Å². The molecule has 0 radical (unpaired) electrons. The topological polar surface area (TPSA) is 38.5 Å². The average molecular weight is 226 g/mol. The van der Waals surface area contributed by atoms with Crippen molar-refractivity contribution in [3.05, 3.63) is 0 Å². The second kappa shape index (κ2) is 3.97. The van der Waals surface area contributed by atoms with Gasteiger partial charge in [-0.2, -0.15) is 0 Å². The molecule has 2 fully saturated rings. The Bertz CT molecular complexity index is 259. The Kier molecular flexibility index (Phi) is 3.06. The molecule has 94 valence electrons. The summed E-state index contributed by atoms with van der Waals surface area (Å²) in [5.74, 6) is 0. The summed E-state index contributed by atoms with van der Waals surface area (Å²) in [7, 11) is 0. The maximum Gasteiger partial charge on any atom is 0.0789 e. The van der Waals surface area contributed by atoms with Crippen LogP contribution in [-0.4, -0.2) is 41.3 Å². The highest BCUT2D eigenvalue weighted by Crippen LogP contribution is 2.43. The Balaban J connectivity index is 2.11. The zero-order valence-corrected chi connectivity index (χ0v) is 11.1. The van der Waals surface area contributed by atoms with Gasteiger partial charge in [-0.3, -0.25) is 4.90 Å². The predicted octanol–water partition coefficient (Wildman–Crippen LogP) is 1.76. The summed E-state index contributed by atoms with van der Waals surface area (Å²) in [4.78, 5) is 2.59. The smallest absolute Gasteiger partial charge is 0.0789 e. The van der Waals surface area contributed by atoms with E-state index >= 15 is 0 Å². The molecule has 1 heterocycles. The van der Waals surface area contributed by atoms with Gasteiger partial charge >= 0.3 is 0 Å². The molecule has 1 saturated carbocycles.